The topological polar surface area (TPSA) is 79.6 Å². The Hall–Kier alpha value is 0.337. The molecule has 2 saturated carbocycles. The first-order valence-electron chi connectivity index (χ1n) is 4.15. The molecule has 102 valence electrons. The number of hydrogen-bond acceptors (Lipinski definition) is 0. The van der Waals surface area contributed by atoms with Crippen LogP contribution in [0.1, 0.15) is 0 Å². The van der Waals surface area contributed by atoms with Crippen molar-refractivity contribution < 1.29 is 60.7 Å². The third kappa shape index (κ3) is 51.6. The van der Waals surface area contributed by atoms with Crippen molar-refractivity contribution in [3.05, 3.63) is 90.8 Å². The fourth-order valence-corrected chi connectivity index (χ4v) is 0.642. The van der Waals surface area contributed by atoms with E-state index in [0.29, 0.717) is 0 Å². The van der Waals surface area contributed by atoms with Gasteiger partial charge in [0.2, 0.25) is 0 Å². The van der Waals surface area contributed by atoms with E-state index in [1.807, 2.05) is 64.2 Å². The van der Waals surface area contributed by atoms with E-state index in [1.54, 1.807) is 0 Å². The summed E-state index contributed by atoms with van der Waals surface area (Å²) in [5, 5.41) is 0. The minimum absolute atomic E-state index is 0. The average Bonchev–Trinajstić information content (AvgIpc) is 3.25. The monoisotopic (exact) mass is 610 g/mol. The van der Waals surface area contributed by atoms with E-state index in [0.717, 1.165) is 0 Å². The van der Waals surface area contributed by atoms with Crippen LogP contribution in [0.25, 0.3) is 0 Å². The molecule has 0 bridgehead atoms. The van der Waals surface area contributed by atoms with E-state index >= 15 is 0 Å². The summed E-state index contributed by atoms with van der Waals surface area (Å²) in [5.41, 5.74) is 0. The minimum atomic E-state index is 0. The van der Waals surface area contributed by atoms with Gasteiger partial charge in [-0.3, -0.25) is 0 Å². The summed E-state index contributed by atoms with van der Waals surface area (Å²) in [5.74, 6) is 0. The predicted octanol–water partition coefficient (Wildman–Crippen LogP) is 1.89. The van der Waals surface area contributed by atoms with Crippen LogP contribution >= 0.6 is 0 Å². The van der Waals surface area contributed by atoms with Crippen LogP contribution in [0.4, 0.5) is 0 Å². The molecule has 0 amide bonds. The molecule has 2 aliphatic carbocycles. The van der Waals surface area contributed by atoms with Crippen molar-refractivity contribution in [2.24, 2.45) is 0 Å². The van der Waals surface area contributed by atoms with Gasteiger partial charge in [0.1, 0.15) is 0 Å². The fraction of sp³-hybridized carbons (Fsp3) is 0. The van der Waals surface area contributed by atoms with Gasteiger partial charge in [-0.1, -0.05) is 0 Å². The molecule has 2 aliphatic rings. The summed E-state index contributed by atoms with van der Waals surface area (Å²) in [4.78, 5) is 0. The van der Waals surface area contributed by atoms with Gasteiger partial charge in [-0.25, -0.2) is 0 Å². The molecule has 0 spiro atoms. The molecule has 2 fully saturated rings. The van der Waals surface area contributed by atoms with Crippen LogP contribution in [0.3, 0.4) is 0 Å². The summed E-state index contributed by atoms with van der Waals surface area (Å²) >= 11 is 0. The molecule has 0 atom stereocenters. The molecule has 10 radical (unpaired) electrons. The van der Waals surface area contributed by atoms with Crippen LogP contribution in [0, 0.1) is 90.8 Å². The Morgan fingerprint density at radius 3 is 0.400 bits per heavy atom. The molecule has 0 heterocycles. The van der Waals surface area contributed by atoms with Gasteiger partial charge in [0.05, 0.1) is 0 Å². The summed E-state index contributed by atoms with van der Waals surface area (Å²) in [6.07, 6.45) is 20.0. The Kier molecular flexibility index (Phi) is 113. The Bertz CT molecular complexity index is 143. The number of hydrogen-bond donors (Lipinski definition) is 0. The first-order chi connectivity index (χ1) is 9.00. The number of rotatable bonds is 0. The van der Waals surface area contributed by atoms with Gasteiger partial charge in [-0.05, 0) is 64.2 Å². The quantitative estimate of drug-likeness (QED) is 0.297. The Morgan fingerprint density at radius 1 is 0.300 bits per heavy atom. The van der Waals surface area contributed by atoms with Crippen LogP contribution in [0.2, 0.25) is 0 Å². The molecular formula is C14H10O4W2. The van der Waals surface area contributed by atoms with Crippen molar-refractivity contribution in [2.75, 3.05) is 0 Å². The van der Waals surface area contributed by atoms with Crippen molar-refractivity contribution in [3.63, 3.8) is 0 Å². The molecule has 6 heteroatoms. The second kappa shape index (κ2) is 60.9. The summed E-state index contributed by atoms with van der Waals surface area (Å²) in [6.45, 7) is 18.0. The smallest absolute Gasteiger partial charge is 0 e. The second-order valence-electron chi connectivity index (χ2n) is 1.92. The van der Waals surface area contributed by atoms with Crippen LogP contribution in [-0.2, 0) is 60.7 Å². The molecule has 4 nitrogen and oxygen atoms in total. The Morgan fingerprint density at radius 2 is 0.350 bits per heavy atom. The van der Waals surface area contributed by atoms with Crippen molar-refractivity contribution in [1.29, 1.82) is 0 Å². The van der Waals surface area contributed by atoms with Crippen LogP contribution in [-0.4, -0.2) is 0 Å². The molecule has 0 aromatic rings. The maximum atomic E-state index is 7.50. The van der Waals surface area contributed by atoms with Gasteiger partial charge < -0.3 is 0 Å². The van der Waals surface area contributed by atoms with E-state index in [-0.39, 0.29) is 42.1 Å². The normalized spacial score (nSPS) is 12.4. The zero-order valence-corrected chi connectivity index (χ0v) is 16.1. The van der Waals surface area contributed by atoms with Crippen molar-refractivity contribution in [1.82, 2.24) is 0 Å². The minimum Gasteiger partial charge on any atom is -0.0312 e. The maximum absolute atomic E-state index is 7.50. The van der Waals surface area contributed by atoms with Crippen molar-refractivity contribution in [3.8, 4) is 0 Å². The van der Waals surface area contributed by atoms with E-state index in [1.165, 1.54) is 0 Å². The van der Waals surface area contributed by atoms with Crippen molar-refractivity contribution >= 4 is 0 Å². The van der Waals surface area contributed by atoms with Crippen molar-refractivity contribution in [2.45, 2.75) is 0 Å². The second-order valence-corrected chi connectivity index (χ2v) is 1.92. The standard InChI is InChI=1S/2C5H5.4CO.2W/c2*1-2-4-5-3-1;4*1-2;;/h2*1-5H;;;;;;. The third-order valence-corrected chi connectivity index (χ3v) is 1.11. The molecule has 0 aromatic heterocycles. The largest absolute Gasteiger partial charge is 0.0312 e. The molecule has 0 saturated heterocycles. The summed E-state index contributed by atoms with van der Waals surface area (Å²) < 4.78 is 30.0. The van der Waals surface area contributed by atoms with Gasteiger partial charge in [0, 0.05) is 42.1 Å². The molecule has 2 rings (SSSR count). The first-order valence-corrected chi connectivity index (χ1v) is 4.15. The van der Waals surface area contributed by atoms with E-state index in [2.05, 4.69) is 26.6 Å². The Balaban J connectivity index is -0.0000000311. The van der Waals surface area contributed by atoms with E-state index in [9.17, 15) is 0 Å². The molecule has 0 unspecified atom stereocenters. The molecule has 0 N–H and O–H groups in total. The van der Waals surface area contributed by atoms with Gasteiger partial charge >= 0.3 is 45.2 Å². The first kappa shape index (κ1) is 37.0. The molecule has 0 aromatic carbocycles. The fourth-order valence-electron chi connectivity index (χ4n) is 0.642. The zero-order valence-electron chi connectivity index (χ0n) is 10.2. The van der Waals surface area contributed by atoms with Gasteiger partial charge in [0.15, 0.2) is 0 Å². The predicted molar refractivity (Wildman–Crippen MR) is 58.7 cm³/mol. The SMILES string of the molecule is [C-]#[O+].[C-]#[O+].[C-]#[O+].[C-]#[O+].[CH]1[CH][CH][CH][CH]1.[CH]1[CH][CH][CH][CH]1.[W].[W]. The van der Waals surface area contributed by atoms with Crippen LogP contribution in [0.5, 0.6) is 0 Å². The van der Waals surface area contributed by atoms with Gasteiger partial charge in [0.25, 0.3) is 0 Å². The molecular weight excluding hydrogens is 600 g/mol. The van der Waals surface area contributed by atoms with Crippen LogP contribution in [0.15, 0.2) is 0 Å². The summed E-state index contributed by atoms with van der Waals surface area (Å²) in [7, 11) is 0. The average molecular weight is 610 g/mol. The van der Waals surface area contributed by atoms with E-state index in [4.69, 9.17) is 18.6 Å². The van der Waals surface area contributed by atoms with E-state index < -0.39 is 0 Å². The summed E-state index contributed by atoms with van der Waals surface area (Å²) in [6, 6.07) is 0. The third-order valence-electron chi connectivity index (χ3n) is 1.11. The van der Waals surface area contributed by atoms with Gasteiger partial charge in [-0.15, -0.1) is 0 Å². The molecule has 0 aliphatic heterocycles. The van der Waals surface area contributed by atoms with Crippen LogP contribution < -0.4 is 0 Å². The Labute approximate surface area is 151 Å². The maximum Gasteiger partial charge on any atom is 0 e. The van der Waals surface area contributed by atoms with Gasteiger partial charge in [-0.2, -0.15) is 0 Å². The zero-order chi connectivity index (χ0) is 15.1. The molecule has 20 heavy (non-hydrogen) atoms.